The van der Waals surface area contributed by atoms with Crippen LogP contribution in [0.2, 0.25) is 0 Å². The Kier molecular flexibility index (Phi) is 3.50. The lowest BCUT2D eigenvalue weighted by atomic mass is 10.0. The van der Waals surface area contributed by atoms with E-state index in [9.17, 15) is 9.90 Å². The molecule has 1 aliphatic rings. The molecule has 0 fully saturated rings. The average Bonchev–Trinajstić information content (AvgIpc) is 2.70. The highest BCUT2D eigenvalue weighted by atomic mass is 79.9. The molecule has 0 aromatic heterocycles. The first-order valence-corrected chi connectivity index (χ1v) is 6.71. The number of allylic oxidation sites excluding steroid dienone is 2. The summed E-state index contributed by atoms with van der Waals surface area (Å²) in [5.74, 6) is -1.10. The maximum Gasteiger partial charge on any atom is 0.0707 e. The number of alkyl halides is 2. The van der Waals surface area contributed by atoms with Crippen molar-refractivity contribution in [3.63, 3.8) is 0 Å². The maximum absolute atomic E-state index is 10.8. The highest BCUT2D eigenvalue weighted by Crippen LogP contribution is 2.35. The summed E-state index contributed by atoms with van der Waals surface area (Å²) in [7, 11) is 0. The Morgan fingerprint density at radius 1 is 1.31 bits per heavy atom. The van der Waals surface area contributed by atoms with Gasteiger partial charge in [-0.25, -0.2) is 0 Å². The molecule has 2 unspecified atom stereocenters. The fraction of sp³-hybridized carbons (Fsp3) is 0.250. The van der Waals surface area contributed by atoms with Gasteiger partial charge in [-0.3, -0.25) is 0 Å². The summed E-state index contributed by atoms with van der Waals surface area (Å²) in [4.78, 5) is 9.81. The third-order valence-corrected chi connectivity index (χ3v) is 5.28. The zero-order valence-electron chi connectivity index (χ0n) is 8.32. The second kappa shape index (κ2) is 4.72. The van der Waals surface area contributed by atoms with E-state index in [0.717, 1.165) is 17.6 Å². The molecule has 0 heterocycles. The summed E-state index contributed by atoms with van der Waals surface area (Å²) in [5.41, 5.74) is 3.37. The van der Waals surface area contributed by atoms with Gasteiger partial charge in [0.15, 0.2) is 0 Å². The summed E-state index contributed by atoms with van der Waals surface area (Å²) in [6, 6.07) is 8.02. The van der Waals surface area contributed by atoms with Crippen molar-refractivity contribution in [3.05, 3.63) is 41.5 Å². The number of hydrogen-bond donors (Lipinski definition) is 0. The zero-order chi connectivity index (χ0) is 11.7. The van der Waals surface area contributed by atoms with E-state index in [1.807, 2.05) is 18.2 Å². The van der Waals surface area contributed by atoms with Gasteiger partial charge in [-0.05, 0) is 23.1 Å². The van der Waals surface area contributed by atoms with Crippen molar-refractivity contribution in [2.24, 2.45) is 0 Å². The number of benzene rings is 1. The number of fused-ring (bicyclic) bond motifs is 1. The normalized spacial score (nSPS) is 17.5. The Hall–Kier alpha value is -0.610. The lowest BCUT2D eigenvalue weighted by Crippen LogP contribution is -2.37. The Morgan fingerprint density at radius 3 is 2.69 bits per heavy atom. The van der Waals surface area contributed by atoms with E-state index >= 15 is 0 Å². The topological polar surface area (TPSA) is 40.1 Å². The Morgan fingerprint density at radius 2 is 2.00 bits per heavy atom. The lowest BCUT2D eigenvalue weighted by Gasteiger charge is -2.19. The van der Waals surface area contributed by atoms with Crippen molar-refractivity contribution in [2.45, 2.75) is 16.1 Å². The molecule has 0 N–H and O–H groups in total. The van der Waals surface area contributed by atoms with Crippen LogP contribution in [0.4, 0.5) is 0 Å². The lowest BCUT2D eigenvalue weighted by molar-refractivity contribution is -0.304. The third kappa shape index (κ3) is 2.09. The van der Waals surface area contributed by atoms with Crippen LogP contribution < -0.4 is 5.11 Å². The second-order valence-electron chi connectivity index (χ2n) is 3.64. The van der Waals surface area contributed by atoms with E-state index in [4.69, 9.17) is 0 Å². The predicted molar refractivity (Wildman–Crippen MR) is 68.6 cm³/mol. The molecule has 1 aromatic carbocycles. The fourth-order valence-electron chi connectivity index (χ4n) is 1.85. The van der Waals surface area contributed by atoms with Crippen LogP contribution in [0, 0.1) is 0 Å². The fourth-order valence-corrected chi connectivity index (χ4v) is 2.78. The summed E-state index contributed by atoms with van der Waals surface area (Å²) < 4.78 is 0. The zero-order valence-corrected chi connectivity index (χ0v) is 11.5. The standard InChI is InChI=1S/C12H10Br2O2/c13-10(11(14)12(15)16)9-6-5-7-3-1-2-4-8(7)9/h1-4,6,10-11H,5H2,(H,15,16)/p-1. The van der Waals surface area contributed by atoms with Crippen LogP contribution >= 0.6 is 31.9 Å². The number of carbonyl (C=O) groups is 1. The maximum atomic E-state index is 10.8. The molecule has 0 saturated carbocycles. The molecule has 2 nitrogen and oxygen atoms in total. The van der Waals surface area contributed by atoms with Gasteiger partial charge < -0.3 is 9.90 Å². The average molecular weight is 345 g/mol. The molecule has 1 aromatic rings. The first-order chi connectivity index (χ1) is 7.61. The number of aliphatic carboxylic acids is 1. The van der Waals surface area contributed by atoms with E-state index in [-0.39, 0.29) is 4.83 Å². The molecular weight excluding hydrogens is 336 g/mol. The number of carbonyl (C=O) groups excluding carboxylic acids is 1. The van der Waals surface area contributed by atoms with Crippen LogP contribution in [0.15, 0.2) is 30.3 Å². The summed E-state index contributed by atoms with van der Waals surface area (Å²) in [6.07, 6.45) is 2.92. The van der Waals surface area contributed by atoms with Crippen LogP contribution in [-0.4, -0.2) is 15.6 Å². The minimum absolute atomic E-state index is 0.263. The largest absolute Gasteiger partial charge is 0.549 e. The van der Waals surface area contributed by atoms with Crippen LogP contribution in [0.5, 0.6) is 0 Å². The van der Waals surface area contributed by atoms with Crippen molar-refractivity contribution in [1.29, 1.82) is 0 Å². The molecule has 84 valence electrons. The highest BCUT2D eigenvalue weighted by molar-refractivity contribution is 9.12. The van der Waals surface area contributed by atoms with Crippen LogP contribution in [0.3, 0.4) is 0 Å². The van der Waals surface area contributed by atoms with Crippen molar-refractivity contribution in [2.75, 3.05) is 0 Å². The molecule has 0 spiro atoms. The first-order valence-electron chi connectivity index (χ1n) is 4.88. The van der Waals surface area contributed by atoms with Crippen LogP contribution in [-0.2, 0) is 11.2 Å². The molecule has 0 amide bonds. The summed E-state index contributed by atoms with van der Waals surface area (Å²) in [5, 5.41) is 10.8. The minimum Gasteiger partial charge on any atom is -0.549 e. The van der Waals surface area contributed by atoms with Crippen LogP contribution in [0.25, 0.3) is 5.57 Å². The molecule has 0 radical (unpaired) electrons. The number of hydrogen-bond acceptors (Lipinski definition) is 2. The van der Waals surface area contributed by atoms with Gasteiger partial charge in [0, 0.05) is 0 Å². The molecule has 0 bridgehead atoms. The Balaban J connectivity index is 2.28. The van der Waals surface area contributed by atoms with Gasteiger partial charge in [0.1, 0.15) is 0 Å². The molecule has 4 heteroatoms. The monoisotopic (exact) mass is 343 g/mol. The van der Waals surface area contributed by atoms with Gasteiger partial charge in [0.05, 0.1) is 15.6 Å². The van der Waals surface area contributed by atoms with Gasteiger partial charge in [-0.15, -0.1) is 0 Å². The Labute approximate surface area is 111 Å². The number of rotatable bonds is 3. The molecule has 16 heavy (non-hydrogen) atoms. The first kappa shape index (κ1) is 11.9. The van der Waals surface area contributed by atoms with Crippen molar-refractivity contribution < 1.29 is 9.90 Å². The van der Waals surface area contributed by atoms with E-state index in [1.165, 1.54) is 5.56 Å². The van der Waals surface area contributed by atoms with Crippen molar-refractivity contribution in [1.82, 2.24) is 0 Å². The predicted octanol–water partition coefficient (Wildman–Crippen LogP) is 1.90. The van der Waals surface area contributed by atoms with E-state index < -0.39 is 10.8 Å². The molecule has 2 atom stereocenters. The minimum atomic E-state index is -1.10. The van der Waals surface area contributed by atoms with Gasteiger partial charge >= 0.3 is 0 Å². The van der Waals surface area contributed by atoms with Gasteiger partial charge in [0.25, 0.3) is 0 Å². The van der Waals surface area contributed by atoms with Gasteiger partial charge in [-0.1, -0.05) is 62.2 Å². The van der Waals surface area contributed by atoms with Crippen molar-refractivity contribution >= 4 is 43.4 Å². The van der Waals surface area contributed by atoms with Crippen LogP contribution in [0.1, 0.15) is 11.1 Å². The molecule has 1 aliphatic carbocycles. The SMILES string of the molecule is O=C([O-])C(Br)C(Br)C1=CCc2ccccc21. The number of carboxylic acid groups (broad SMARTS) is 1. The molecule has 2 rings (SSSR count). The second-order valence-corrected chi connectivity index (χ2v) is 5.62. The third-order valence-electron chi connectivity index (χ3n) is 2.65. The molecular formula is C12H9Br2O2-. The van der Waals surface area contributed by atoms with E-state index in [1.54, 1.807) is 0 Å². The smallest absolute Gasteiger partial charge is 0.0707 e. The molecule has 0 saturated heterocycles. The summed E-state index contributed by atoms with van der Waals surface area (Å²) in [6.45, 7) is 0. The van der Waals surface area contributed by atoms with Gasteiger partial charge in [0.2, 0.25) is 0 Å². The highest BCUT2D eigenvalue weighted by Gasteiger charge is 2.25. The number of halogens is 2. The molecule has 0 aliphatic heterocycles. The quantitative estimate of drug-likeness (QED) is 0.786. The summed E-state index contributed by atoms with van der Waals surface area (Å²) >= 11 is 6.52. The van der Waals surface area contributed by atoms with Gasteiger partial charge in [-0.2, -0.15) is 0 Å². The Bertz CT molecular complexity index is 454. The van der Waals surface area contributed by atoms with E-state index in [2.05, 4.69) is 44.0 Å². The van der Waals surface area contributed by atoms with Crippen molar-refractivity contribution in [3.8, 4) is 0 Å². The number of carboxylic acids is 1. The van der Waals surface area contributed by atoms with E-state index in [0.29, 0.717) is 0 Å².